The lowest BCUT2D eigenvalue weighted by atomic mass is 10.1. The van der Waals surface area contributed by atoms with E-state index in [1.807, 2.05) is 85.9 Å². The number of allylic oxidation sites excluding steroid dienone is 1. The highest BCUT2D eigenvalue weighted by Crippen LogP contribution is 2.23. The number of anilines is 2. The van der Waals surface area contributed by atoms with Gasteiger partial charge in [-0.15, -0.1) is 0 Å². The lowest BCUT2D eigenvalue weighted by Crippen LogP contribution is -2.09. The Morgan fingerprint density at radius 1 is 0.750 bits per heavy atom. The number of para-hydroxylation sites is 1. The fraction of sp³-hybridized carbons (Fsp3) is 0.0455. The molecule has 0 radical (unpaired) electrons. The van der Waals surface area contributed by atoms with Crippen LogP contribution in [0.5, 0.6) is 0 Å². The number of hydrogen-bond acceptors (Lipinski definition) is 2. The van der Waals surface area contributed by atoms with Crippen LogP contribution in [0, 0.1) is 0 Å². The van der Waals surface area contributed by atoms with E-state index in [4.69, 9.17) is 0 Å². The topological polar surface area (TPSA) is 20.3 Å². The molecule has 118 valence electrons. The Labute approximate surface area is 142 Å². The Bertz CT molecular complexity index is 821. The maximum Gasteiger partial charge on any atom is 0.185 e. The maximum atomic E-state index is 12.3. The van der Waals surface area contributed by atoms with Gasteiger partial charge in [-0.2, -0.15) is 0 Å². The smallest absolute Gasteiger partial charge is 0.185 e. The zero-order chi connectivity index (χ0) is 16.8. The molecule has 3 rings (SSSR count). The number of carbonyl (C=O) groups is 1. The summed E-state index contributed by atoms with van der Waals surface area (Å²) < 4.78 is 0. The molecule has 0 spiro atoms. The van der Waals surface area contributed by atoms with E-state index in [9.17, 15) is 4.79 Å². The molecule has 0 fully saturated rings. The Hall–Kier alpha value is -3.13. The second-order valence-corrected chi connectivity index (χ2v) is 5.55. The fourth-order valence-corrected chi connectivity index (χ4v) is 2.48. The van der Waals surface area contributed by atoms with Gasteiger partial charge in [-0.05, 0) is 48.0 Å². The maximum absolute atomic E-state index is 12.3. The summed E-state index contributed by atoms with van der Waals surface area (Å²) in [6.45, 7) is 0. The summed E-state index contributed by atoms with van der Waals surface area (Å²) >= 11 is 0. The van der Waals surface area contributed by atoms with E-state index < -0.39 is 0 Å². The third-order valence-electron chi connectivity index (χ3n) is 3.91. The van der Waals surface area contributed by atoms with Crippen LogP contribution in [0.2, 0.25) is 0 Å². The summed E-state index contributed by atoms with van der Waals surface area (Å²) in [5, 5.41) is 0. The van der Waals surface area contributed by atoms with Gasteiger partial charge in [0.15, 0.2) is 5.78 Å². The van der Waals surface area contributed by atoms with Crippen molar-refractivity contribution < 1.29 is 4.79 Å². The number of hydrogen-bond donors (Lipinski definition) is 0. The van der Waals surface area contributed by atoms with Gasteiger partial charge in [0.25, 0.3) is 0 Å². The van der Waals surface area contributed by atoms with Gasteiger partial charge in [0.05, 0.1) is 0 Å². The van der Waals surface area contributed by atoms with Gasteiger partial charge < -0.3 is 4.90 Å². The first-order chi connectivity index (χ1) is 11.7. The van der Waals surface area contributed by atoms with Crippen LogP contribution in [0.3, 0.4) is 0 Å². The summed E-state index contributed by atoms with van der Waals surface area (Å²) in [5.74, 6) is 0.00719. The monoisotopic (exact) mass is 313 g/mol. The lowest BCUT2D eigenvalue weighted by molar-refractivity contribution is 0.104. The van der Waals surface area contributed by atoms with Crippen LogP contribution in [0.25, 0.3) is 6.08 Å². The minimum atomic E-state index is 0.00719. The highest BCUT2D eigenvalue weighted by Gasteiger charge is 2.05. The summed E-state index contributed by atoms with van der Waals surface area (Å²) in [6, 6.07) is 27.6. The second kappa shape index (κ2) is 7.42. The molecule has 0 bridgehead atoms. The number of rotatable bonds is 5. The van der Waals surface area contributed by atoms with Gasteiger partial charge in [-0.3, -0.25) is 4.79 Å². The normalized spacial score (nSPS) is 10.7. The van der Waals surface area contributed by atoms with E-state index in [0.717, 1.165) is 16.9 Å². The number of ketones is 1. The van der Waals surface area contributed by atoms with Gasteiger partial charge in [-0.1, -0.05) is 54.6 Å². The largest absolute Gasteiger partial charge is 0.345 e. The predicted molar refractivity (Wildman–Crippen MR) is 101 cm³/mol. The molecule has 3 aromatic rings. The number of carbonyl (C=O) groups excluding carboxylic acids is 1. The fourth-order valence-electron chi connectivity index (χ4n) is 2.48. The molecule has 0 aliphatic rings. The predicted octanol–water partition coefficient (Wildman–Crippen LogP) is 5.35. The van der Waals surface area contributed by atoms with Crippen LogP contribution in [-0.2, 0) is 0 Å². The quantitative estimate of drug-likeness (QED) is 0.467. The van der Waals surface area contributed by atoms with E-state index in [-0.39, 0.29) is 5.78 Å². The summed E-state index contributed by atoms with van der Waals surface area (Å²) in [6.07, 6.45) is 3.46. The van der Waals surface area contributed by atoms with Crippen molar-refractivity contribution in [3.05, 3.63) is 102 Å². The summed E-state index contributed by atoms with van der Waals surface area (Å²) in [4.78, 5) is 14.4. The van der Waals surface area contributed by atoms with Crippen molar-refractivity contribution in [1.82, 2.24) is 0 Å². The van der Waals surface area contributed by atoms with Gasteiger partial charge in [-0.25, -0.2) is 0 Å². The number of benzene rings is 3. The average Bonchev–Trinajstić information content (AvgIpc) is 2.67. The Kier molecular flexibility index (Phi) is 4.87. The Morgan fingerprint density at radius 2 is 1.29 bits per heavy atom. The SMILES string of the molecule is CN(c1ccccc1)c1ccc(C(=O)/C=C/c2ccccc2)cc1. The standard InChI is InChI=1S/C22H19NO/c1-23(20-10-6-3-7-11-20)21-15-13-19(14-16-21)22(24)17-12-18-8-4-2-5-9-18/h2-17H,1H3/b17-12+. The molecule has 0 aliphatic heterocycles. The van der Waals surface area contributed by atoms with Crippen LogP contribution in [0.1, 0.15) is 15.9 Å². The van der Waals surface area contributed by atoms with Crippen molar-refractivity contribution >= 4 is 23.2 Å². The molecule has 0 N–H and O–H groups in total. The van der Waals surface area contributed by atoms with Gasteiger partial charge in [0, 0.05) is 24.0 Å². The van der Waals surface area contributed by atoms with E-state index >= 15 is 0 Å². The van der Waals surface area contributed by atoms with Crippen molar-refractivity contribution in [2.75, 3.05) is 11.9 Å². The summed E-state index contributed by atoms with van der Waals surface area (Å²) in [7, 11) is 2.02. The minimum absolute atomic E-state index is 0.00719. The highest BCUT2D eigenvalue weighted by molar-refractivity contribution is 6.07. The molecule has 2 nitrogen and oxygen atoms in total. The van der Waals surface area contributed by atoms with Crippen molar-refractivity contribution in [3.63, 3.8) is 0 Å². The third kappa shape index (κ3) is 3.79. The van der Waals surface area contributed by atoms with E-state index in [1.165, 1.54) is 0 Å². The van der Waals surface area contributed by atoms with Gasteiger partial charge >= 0.3 is 0 Å². The molecule has 0 amide bonds. The van der Waals surface area contributed by atoms with Gasteiger partial charge in [0.1, 0.15) is 0 Å². The average molecular weight is 313 g/mol. The summed E-state index contributed by atoms with van der Waals surface area (Å²) in [5.41, 5.74) is 3.86. The molecule has 0 unspecified atom stereocenters. The molecular formula is C22H19NO. The van der Waals surface area contributed by atoms with Crippen LogP contribution >= 0.6 is 0 Å². The zero-order valence-electron chi connectivity index (χ0n) is 13.6. The first kappa shape index (κ1) is 15.8. The molecule has 0 saturated heterocycles. The second-order valence-electron chi connectivity index (χ2n) is 5.55. The van der Waals surface area contributed by atoms with Gasteiger partial charge in [0.2, 0.25) is 0 Å². The van der Waals surface area contributed by atoms with Crippen LogP contribution < -0.4 is 4.90 Å². The Balaban J connectivity index is 1.72. The molecule has 2 heteroatoms. The van der Waals surface area contributed by atoms with E-state index in [1.54, 1.807) is 6.08 Å². The van der Waals surface area contributed by atoms with Crippen LogP contribution in [0.15, 0.2) is 91.0 Å². The zero-order valence-corrected chi connectivity index (χ0v) is 13.6. The molecule has 0 aliphatic carbocycles. The molecule has 0 saturated carbocycles. The molecule has 0 aromatic heterocycles. The van der Waals surface area contributed by atoms with Crippen molar-refractivity contribution in [3.8, 4) is 0 Å². The van der Waals surface area contributed by atoms with E-state index in [0.29, 0.717) is 5.56 Å². The van der Waals surface area contributed by atoms with Crippen molar-refractivity contribution in [2.45, 2.75) is 0 Å². The molecule has 0 atom stereocenters. The van der Waals surface area contributed by atoms with Crippen molar-refractivity contribution in [1.29, 1.82) is 0 Å². The molecule has 3 aromatic carbocycles. The van der Waals surface area contributed by atoms with E-state index in [2.05, 4.69) is 17.0 Å². The van der Waals surface area contributed by atoms with Crippen molar-refractivity contribution in [2.24, 2.45) is 0 Å². The minimum Gasteiger partial charge on any atom is -0.345 e. The van der Waals surface area contributed by atoms with Crippen LogP contribution in [-0.4, -0.2) is 12.8 Å². The molecule has 0 heterocycles. The lowest BCUT2D eigenvalue weighted by Gasteiger charge is -2.19. The molecule has 24 heavy (non-hydrogen) atoms. The highest BCUT2D eigenvalue weighted by atomic mass is 16.1. The third-order valence-corrected chi connectivity index (χ3v) is 3.91. The number of nitrogens with zero attached hydrogens (tertiary/aromatic N) is 1. The first-order valence-corrected chi connectivity index (χ1v) is 7.90. The van der Waals surface area contributed by atoms with Crippen LogP contribution in [0.4, 0.5) is 11.4 Å². The molecular weight excluding hydrogens is 294 g/mol. The first-order valence-electron chi connectivity index (χ1n) is 7.90. The Morgan fingerprint density at radius 3 is 1.92 bits per heavy atom.